The molecule has 0 bridgehead atoms. The minimum atomic E-state index is 0. The van der Waals surface area contributed by atoms with Gasteiger partial charge >= 0.3 is 0 Å². The maximum atomic E-state index is 5.75. The van der Waals surface area contributed by atoms with E-state index in [1.54, 1.807) is 24.8 Å². The molecule has 0 saturated heterocycles. The number of nitrogens with two attached hydrogens (primary N) is 2. The molecule has 0 amide bonds. The normalized spacial score (nSPS) is 9.48. The molecule has 1 radical (unpaired) electrons. The van der Waals surface area contributed by atoms with Gasteiger partial charge in [-0.2, -0.15) is 0 Å². The molecule has 0 fully saturated rings. The zero-order valence-electron chi connectivity index (χ0n) is 14.3. The summed E-state index contributed by atoms with van der Waals surface area (Å²) in [5, 5.41) is 0. The zero-order valence-corrected chi connectivity index (χ0v) is 15.3. The summed E-state index contributed by atoms with van der Waals surface area (Å²) in [6, 6.07) is 18.6. The monoisotopic (exact) mass is 405 g/mol. The van der Waals surface area contributed by atoms with Gasteiger partial charge in [-0.15, -0.1) is 0 Å². The Labute approximate surface area is 168 Å². The van der Waals surface area contributed by atoms with Crippen molar-refractivity contribution >= 4 is 11.4 Å². The Morgan fingerprint density at radius 2 is 0.889 bits per heavy atom. The molecule has 0 aliphatic carbocycles. The Hall–Kier alpha value is -3.28. The predicted molar refractivity (Wildman–Crippen MR) is 104 cm³/mol. The fourth-order valence-corrected chi connectivity index (χ4v) is 2.27. The van der Waals surface area contributed by atoms with E-state index in [0.29, 0.717) is 11.4 Å². The van der Waals surface area contributed by atoms with Crippen molar-refractivity contribution in [3.05, 3.63) is 85.5 Å². The van der Waals surface area contributed by atoms with Gasteiger partial charge in [0.25, 0.3) is 0 Å². The van der Waals surface area contributed by atoms with Crippen LogP contribution in [0.3, 0.4) is 0 Å². The van der Waals surface area contributed by atoms with Crippen molar-refractivity contribution in [1.82, 2.24) is 19.9 Å². The van der Waals surface area contributed by atoms with Crippen molar-refractivity contribution in [2.45, 2.75) is 0 Å². The molecule has 4 rings (SSSR count). The van der Waals surface area contributed by atoms with E-state index in [1.165, 1.54) is 0 Å². The molecule has 6 nitrogen and oxygen atoms in total. The largest absolute Gasteiger partial charge is 0.397 e. The fraction of sp³-hybridized carbons (Fsp3) is 0. The Morgan fingerprint density at radius 3 is 1.22 bits per heavy atom. The minimum absolute atomic E-state index is 0. The fourth-order valence-electron chi connectivity index (χ4n) is 2.27. The minimum Gasteiger partial charge on any atom is -0.397 e. The molecule has 4 aromatic rings. The second kappa shape index (κ2) is 10.0. The van der Waals surface area contributed by atoms with Crippen molar-refractivity contribution in [1.29, 1.82) is 0 Å². The third-order valence-electron chi connectivity index (χ3n) is 3.49. The van der Waals surface area contributed by atoms with E-state index in [1.807, 2.05) is 60.7 Å². The second-order valence-electron chi connectivity index (χ2n) is 5.31. The van der Waals surface area contributed by atoms with Crippen molar-refractivity contribution in [3.63, 3.8) is 0 Å². The quantitative estimate of drug-likeness (QED) is 0.495. The SMILES string of the molecule is Nc1cccnc1-c1ccccn1.Nc1cccnc1-c1ccccn1.[Cu]. The molecule has 0 spiro atoms. The van der Waals surface area contributed by atoms with E-state index in [0.717, 1.165) is 22.8 Å². The molecular weight excluding hydrogens is 388 g/mol. The average Bonchev–Trinajstić information content (AvgIpc) is 2.71. The van der Waals surface area contributed by atoms with E-state index in [-0.39, 0.29) is 17.1 Å². The summed E-state index contributed by atoms with van der Waals surface area (Å²) < 4.78 is 0. The van der Waals surface area contributed by atoms with Gasteiger partial charge < -0.3 is 11.5 Å². The molecule has 4 heterocycles. The van der Waals surface area contributed by atoms with Crippen LogP contribution in [-0.2, 0) is 17.1 Å². The van der Waals surface area contributed by atoms with Crippen LogP contribution in [0, 0.1) is 0 Å². The number of nitrogens with zero attached hydrogens (tertiary/aromatic N) is 4. The van der Waals surface area contributed by atoms with Crippen LogP contribution in [0.15, 0.2) is 85.5 Å². The van der Waals surface area contributed by atoms with Gasteiger partial charge in [0.2, 0.25) is 0 Å². The Morgan fingerprint density at radius 1 is 0.481 bits per heavy atom. The van der Waals surface area contributed by atoms with Gasteiger partial charge in [-0.1, -0.05) is 12.1 Å². The van der Waals surface area contributed by atoms with Crippen LogP contribution in [0.2, 0.25) is 0 Å². The van der Waals surface area contributed by atoms with E-state index in [4.69, 9.17) is 11.5 Å². The van der Waals surface area contributed by atoms with Gasteiger partial charge in [0.05, 0.1) is 22.8 Å². The summed E-state index contributed by atoms with van der Waals surface area (Å²) in [5.41, 5.74) is 15.9. The molecule has 4 aromatic heterocycles. The summed E-state index contributed by atoms with van der Waals surface area (Å²) in [7, 11) is 0. The van der Waals surface area contributed by atoms with E-state index in [2.05, 4.69) is 19.9 Å². The third kappa shape index (κ3) is 5.34. The first kappa shape index (κ1) is 20.0. The smallest absolute Gasteiger partial charge is 0.111 e. The third-order valence-corrected chi connectivity index (χ3v) is 3.49. The molecule has 27 heavy (non-hydrogen) atoms. The van der Waals surface area contributed by atoms with Crippen LogP contribution in [0.4, 0.5) is 11.4 Å². The van der Waals surface area contributed by atoms with Crippen molar-refractivity contribution < 1.29 is 17.1 Å². The van der Waals surface area contributed by atoms with E-state index < -0.39 is 0 Å². The number of anilines is 2. The van der Waals surface area contributed by atoms with Crippen LogP contribution < -0.4 is 11.5 Å². The number of hydrogen-bond acceptors (Lipinski definition) is 6. The van der Waals surface area contributed by atoms with Crippen LogP contribution in [0.25, 0.3) is 22.8 Å². The summed E-state index contributed by atoms with van der Waals surface area (Å²) in [4.78, 5) is 16.7. The molecule has 0 saturated carbocycles. The molecule has 7 heteroatoms. The molecule has 0 aromatic carbocycles. The second-order valence-corrected chi connectivity index (χ2v) is 5.31. The molecular formula is C20H18CuN6. The molecule has 4 N–H and O–H groups in total. The molecule has 139 valence electrons. The van der Waals surface area contributed by atoms with Gasteiger partial charge in [0, 0.05) is 41.9 Å². The maximum Gasteiger partial charge on any atom is 0.111 e. The Balaban J connectivity index is 0.000000187. The standard InChI is InChI=1S/2C10H9N3.Cu/c2*11-8-4-3-7-13-10(8)9-5-1-2-6-12-9;/h2*1-7H,11H2;. The first-order valence-corrected chi connectivity index (χ1v) is 7.99. The van der Waals surface area contributed by atoms with Crippen LogP contribution in [0.5, 0.6) is 0 Å². The summed E-state index contributed by atoms with van der Waals surface area (Å²) in [6.07, 6.45) is 6.87. The maximum absolute atomic E-state index is 5.75. The first-order valence-electron chi connectivity index (χ1n) is 7.99. The van der Waals surface area contributed by atoms with Gasteiger partial charge in [-0.25, -0.2) is 0 Å². The van der Waals surface area contributed by atoms with Crippen molar-refractivity contribution in [3.8, 4) is 22.8 Å². The summed E-state index contributed by atoms with van der Waals surface area (Å²) >= 11 is 0. The van der Waals surface area contributed by atoms with Crippen LogP contribution in [0.1, 0.15) is 0 Å². The van der Waals surface area contributed by atoms with Gasteiger partial charge in [-0.05, 0) is 48.5 Å². The molecule has 0 aliphatic heterocycles. The number of aromatic nitrogens is 4. The van der Waals surface area contributed by atoms with Crippen LogP contribution >= 0.6 is 0 Å². The Kier molecular flexibility index (Phi) is 7.43. The predicted octanol–water partition coefficient (Wildman–Crippen LogP) is 3.45. The number of hydrogen-bond donors (Lipinski definition) is 2. The summed E-state index contributed by atoms with van der Waals surface area (Å²) in [5.74, 6) is 0. The van der Waals surface area contributed by atoms with Gasteiger partial charge in [0.15, 0.2) is 0 Å². The van der Waals surface area contributed by atoms with Crippen molar-refractivity contribution in [2.75, 3.05) is 11.5 Å². The van der Waals surface area contributed by atoms with E-state index in [9.17, 15) is 0 Å². The van der Waals surface area contributed by atoms with Gasteiger partial charge in [-0.3, -0.25) is 19.9 Å². The average molecular weight is 406 g/mol. The molecule has 0 atom stereocenters. The topological polar surface area (TPSA) is 104 Å². The zero-order chi connectivity index (χ0) is 18.2. The number of pyridine rings is 4. The molecule has 0 aliphatic rings. The van der Waals surface area contributed by atoms with Crippen molar-refractivity contribution in [2.24, 2.45) is 0 Å². The van der Waals surface area contributed by atoms with E-state index >= 15 is 0 Å². The van der Waals surface area contributed by atoms with Gasteiger partial charge in [0.1, 0.15) is 11.4 Å². The number of nitrogen functional groups attached to an aromatic ring is 2. The summed E-state index contributed by atoms with van der Waals surface area (Å²) in [6.45, 7) is 0. The molecule has 0 unspecified atom stereocenters. The van der Waals surface area contributed by atoms with Crippen LogP contribution in [-0.4, -0.2) is 19.9 Å². The Bertz CT molecular complexity index is 883. The number of rotatable bonds is 2. The first-order chi connectivity index (χ1) is 12.8.